The highest BCUT2D eigenvalue weighted by atomic mass is 35.5. The van der Waals surface area contributed by atoms with Crippen LogP contribution >= 0.6 is 11.6 Å². The first-order valence-corrected chi connectivity index (χ1v) is 6.34. The van der Waals surface area contributed by atoms with Crippen LogP contribution in [0.2, 0.25) is 0 Å². The van der Waals surface area contributed by atoms with Crippen LogP contribution in [0.1, 0.15) is 16.8 Å². The number of allylic oxidation sites excluding steroid dienone is 3. The Bertz CT molecular complexity index is 502. The van der Waals surface area contributed by atoms with Crippen molar-refractivity contribution in [3.63, 3.8) is 0 Å². The number of carbonyl (C=O) groups excluding carboxylic acids is 1. The van der Waals surface area contributed by atoms with Gasteiger partial charge in [-0.1, -0.05) is 36.4 Å². The number of nitrogens with zero attached hydrogens (tertiary/aromatic N) is 1. The molecule has 0 fully saturated rings. The van der Waals surface area contributed by atoms with E-state index in [-0.39, 0.29) is 11.2 Å². The van der Waals surface area contributed by atoms with Crippen LogP contribution in [0.3, 0.4) is 0 Å². The van der Waals surface area contributed by atoms with E-state index in [1.807, 2.05) is 61.5 Å². The number of likely N-dealkylation sites (N-methyl/N-ethyl adjacent to an activating group) is 1. The first kappa shape index (κ1) is 12.9. The van der Waals surface area contributed by atoms with Crippen molar-refractivity contribution in [1.29, 1.82) is 0 Å². The zero-order chi connectivity index (χ0) is 13.1. The van der Waals surface area contributed by atoms with E-state index in [2.05, 4.69) is 0 Å². The Labute approximate surface area is 113 Å². The fraction of sp³-hybridized carbons (Fsp3) is 0.267. The number of Topliss-reactive ketones (excluding diaryl/α,β-unsaturated/α-hetero) is 1. The van der Waals surface area contributed by atoms with Crippen LogP contribution in [-0.4, -0.2) is 30.2 Å². The van der Waals surface area contributed by atoms with E-state index >= 15 is 0 Å². The zero-order valence-corrected chi connectivity index (χ0v) is 11.3. The molecule has 2 nitrogen and oxygen atoms in total. The van der Waals surface area contributed by atoms with Crippen molar-refractivity contribution < 1.29 is 4.79 Å². The van der Waals surface area contributed by atoms with Gasteiger partial charge in [0.1, 0.15) is 0 Å². The average Bonchev–Trinajstić information content (AvgIpc) is 2.72. The summed E-state index contributed by atoms with van der Waals surface area (Å²) in [5.41, 5.74) is 2.76. The van der Waals surface area contributed by atoms with E-state index in [4.69, 9.17) is 11.6 Å². The normalized spacial score (nSPS) is 18.3. The number of benzene rings is 1. The molecule has 0 saturated heterocycles. The summed E-state index contributed by atoms with van der Waals surface area (Å²) in [6.45, 7) is 0. The van der Waals surface area contributed by atoms with Crippen LogP contribution in [0.25, 0.3) is 0 Å². The Kier molecular flexibility index (Phi) is 3.87. The predicted molar refractivity (Wildman–Crippen MR) is 74.9 cm³/mol. The number of rotatable bonds is 4. The molecule has 0 bridgehead atoms. The number of hydrogen-bond donors (Lipinski definition) is 0. The van der Waals surface area contributed by atoms with Crippen molar-refractivity contribution in [1.82, 2.24) is 4.90 Å². The standard InChI is InChI=1S/C15H16ClNO/c1-17(2)14-9-8-13(16)12(14)10-15(18)11-6-4-3-5-7-11/h3-9,13H,10H2,1-2H3. The molecule has 0 aromatic heterocycles. The highest BCUT2D eigenvalue weighted by Gasteiger charge is 2.22. The molecule has 18 heavy (non-hydrogen) atoms. The van der Waals surface area contributed by atoms with Crippen LogP contribution in [-0.2, 0) is 0 Å². The molecular weight excluding hydrogens is 246 g/mol. The molecular formula is C15H16ClNO. The smallest absolute Gasteiger partial charge is 0.167 e. The van der Waals surface area contributed by atoms with Crippen LogP contribution in [0.4, 0.5) is 0 Å². The predicted octanol–water partition coefficient (Wildman–Crippen LogP) is 3.25. The molecule has 0 amide bonds. The molecule has 1 aliphatic rings. The lowest BCUT2D eigenvalue weighted by Gasteiger charge is -2.16. The molecule has 0 heterocycles. The van der Waals surface area contributed by atoms with Crippen molar-refractivity contribution in [2.24, 2.45) is 0 Å². The summed E-state index contributed by atoms with van der Waals surface area (Å²) >= 11 is 6.23. The summed E-state index contributed by atoms with van der Waals surface area (Å²) in [5, 5.41) is -0.171. The maximum Gasteiger partial charge on any atom is 0.167 e. The number of alkyl halides is 1. The SMILES string of the molecule is CN(C)C1=C(CC(=O)c2ccccc2)C(Cl)C=C1. The van der Waals surface area contributed by atoms with Gasteiger partial charge >= 0.3 is 0 Å². The minimum atomic E-state index is -0.171. The Balaban J connectivity index is 2.19. The maximum absolute atomic E-state index is 12.2. The second-order valence-corrected chi connectivity index (χ2v) is 5.00. The molecule has 94 valence electrons. The van der Waals surface area contributed by atoms with Crippen LogP contribution < -0.4 is 0 Å². The molecule has 2 rings (SSSR count). The molecule has 0 spiro atoms. The summed E-state index contributed by atoms with van der Waals surface area (Å²) in [7, 11) is 3.92. The fourth-order valence-electron chi connectivity index (χ4n) is 2.06. The Morgan fingerprint density at radius 1 is 1.28 bits per heavy atom. The summed E-state index contributed by atoms with van der Waals surface area (Å²) < 4.78 is 0. The number of carbonyl (C=O) groups is 1. The number of hydrogen-bond acceptors (Lipinski definition) is 2. The lowest BCUT2D eigenvalue weighted by Crippen LogP contribution is -2.14. The average molecular weight is 262 g/mol. The first-order chi connectivity index (χ1) is 8.59. The van der Waals surface area contributed by atoms with Crippen molar-refractivity contribution >= 4 is 17.4 Å². The fourth-order valence-corrected chi connectivity index (χ4v) is 2.33. The molecule has 1 atom stereocenters. The van der Waals surface area contributed by atoms with E-state index in [0.29, 0.717) is 6.42 Å². The van der Waals surface area contributed by atoms with Crippen LogP contribution in [0.5, 0.6) is 0 Å². The van der Waals surface area contributed by atoms with Crippen molar-refractivity contribution in [3.05, 3.63) is 59.3 Å². The lowest BCUT2D eigenvalue weighted by atomic mass is 10.0. The molecule has 3 heteroatoms. The van der Waals surface area contributed by atoms with Gasteiger partial charge in [-0.25, -0.2) is 0 Å². The third kappa shape index (κ3) is 2.65. The maximum atomic E-state index is 12.2. The van der Waals surface area contributed by atoms with E-state index in [1.54, 1.807) is 0 Å². The minimum absolute atomic E-state index is 0.110. The second kappa shape index (κ2) is 5.40. The molecule has 0 aliphatic heterocycles. The number of halogens is 1. The Hall–Kier alpha value is -1.54. The largest absolute Gasteiger partial charge is 0.378 e. The molecule has 0 saturated carbocycles. The quantitative estimate of drug-likeness (QED) is 0.613. The zero-order valence-electron chi connectivity index (χ0n) is 10.6. The van der Waals surface area contributed by atoms with Gasteiger partial charge in [0.2, 0.25) is 0 Å². The summed E-state index contributed by atoms with van der Waals surface area (Å²) in [4.78, 5) is 14.2. The molecule has 1 aromatic rings. The van der Waals surface area contributed by atoms with Gasteiger partial charge in [-0.05, 0) is 11.6 Å². The topological polar surface area (TPSA) is 20.3 Å². The molecule has 1 aromatic carbocycles. The highest BCUT2D eigenvalue weighted by molar-refractivity contribution is 6.24. The lowest BCUT2D eigenvalue weighted by molar-refractivity contribution is 0.0992. The van der Waals surface area contributed by atoms with Gasteiger partial charge in [0.05, 0.1) is 5.38 Å². The molecule has 0 N–H and O–H groups in total. The van der Waals surface area contributed by atoms with Gasteiger partial charge in [0.15, 0.2) is 5.78 Å². The summed E-state index contributed by atoms with van der Waals surface area (Å²) in [6, 6.07) is 9.33. The van der Waals surface area contributed by atoms with Gasteiger partial charge in [-0.15, -0.1) is 11.6 Å². The van der Waals surface area contributed by atoms with Gasteiger partial charge in [-0.2, -0.15) is 0 Å². The van der Waals surface area contributed by atoms with E-state index in [1.165, 1.54) is 0 Å². The van der Waals surface area contributed by atoms with E-state index in [0.717, 1.165) is 16.8 Å². The minimum Gasteiger partial charge on any atom is -0.378 e. The van der Waals surface area contributed by atoms with E-state index in [9.17, 15) is 4.79 Å². The van der Waals surface area contributed by atoms with Crippen LogP contribution in [0.15, 0.2) is 53.8 Å². The van der Waals surface area contributed by atoms with Gasteiger partial charge in [0.25, 0.3) is 0 Å². The van der Waals surface area contributed by atoms with Gasteiger partial charge in [0, 0.05) is 31.8 Å². The highest BCUT2D eigenvalue weighted by Crippen LogP contribution is 2.29. The number of ketones is 1. The van der Waals surface area contributed by atoms with E-state index < -0.39 is 0 Å². The third-order valence-electron chi connectivity index (χ3n) is 3.01. The second-order valence-electron chi connectivity index (χ2n) is 4.53. The Morgan fingerprint density at radius 2 is 1.94 bits per heavy atom. The van der Waals surface area contributed by atoms with Crippen molar-refractivity contribution in [3.8, 4) is 0 Å². The molecule has 1 unspecified atom stereocenters. The Morgan fingerprint density at radius 3 is 2.56 bits per heavy atom. The van der Waals surface area contributed by atoms with Gasteiger partial charge < -0.3 is 4.90 Å². The van der Waals surface area contributed by atoms with Crippen molar-refractivity contribution in [2.75, 3.05) is 14.1 Å². The van der Waals surface area contributed by atoms with Gasteiger partial charge in [-0.3, -0.25) is 4.79 Å². The van der Waals surface area contributed by atoms with Crippen molar-refractivity contribution in [2.45, 2.75) is 11.8 Å². The molecule has 0 radical (unpaired) electrons. The summed E-state index contributed by atoms with van der Waals surface area (Å²) in [6.07, 6.45) is 4.27. The first-order valence-electron chi connectivity index (χ1n) is 5.90. The van der Waals surface area contributed by atoms with Crippen LogP contribution in [0, 0.1) is 0 Å². The monoisotopic (exact) mass is 261 g/mol. The molecule has 1 aliphatic carbocycles. The third-order valence-corrected chi connectivity index (χ3v) is 3.42. The summed E-state index contributed by atoms with van der Waals surface area (Å²) in [5.74, 6) is 0.110.